The maximum absolute atomic E-state index is 12.2. The van der Waals surface area contributed by atoms with Crippen LogP contribution in [0, 0.1) is 0 Å². The second kappa shape index (κ2) is 8.76. The van der Waals surface area contributed by atoms with Crippen molar-refractivity contribution < 1.29 is 27.8 Å². The van der Waals surface area contributed by atoms with E-state index < -0.39 is 18.9 Å². The van der Waals surface area contributed by atoms with Crippen LogP contribution in [-0.4, -0.2) is 30.6 Å². The number of alkyl halides is 3. The van der Waals surface area contributed by atoms with Crippen molar-refractivity contribution in [2.45, 2.75) is 32.0 Å². The molecule has 2 aromatic rings. The molecule has 0 heterocycles. The summed E-state index contributed by atoms with van der Waals surface area (Å²) >= 11 is 0. The maximum atomic E-state index is 12.2. The fourth-order valence-corrected chi connectivity index (χ4v) is 2.13. The molecule has 0 radical (unpaired) electrons. The van der Waals surface area contributed by atoms with Crippen LogP contribution < -0.4 is 9.47 Å². The molecule has 0 aliphatic carbocycles. The van der Waals surface area contributed by atoms with Crippen molar-refractivity contribution >= 4 is 0 Å². The molecule has 0 aromatic heterocycles. The molecular formula is C19H21F3O3. The summed E-state index contributed by atoms with van der Waals surface area (Å²) in [5.41, 5.74) is 2.11. The molecule has 0 saturated heterocycles. The summed E-state index contributed by atoms with van der Waals surface area (Å²) in [6, 6.07) is 14.6. The molecule has 6 heteroatoms. The Morgan fingerprint density at radius 2 is 1.36 bits per heavy atom. The number of aliphatic hydroxyl groups excluding tert-OH is 1. The van der Waals surface area contributed by atoms with E-state index in [1.165, 1.54) is 0 Å². The molecule has 3 nitrogen and oxygen atoms in total. The van der Waals surface area contributed by atoms with Gasteiger partial charge in [-0.15, -0.1) is 0 Å². The van der Waals surface area contributed by atoms with Gasteiger partial charge in [-0.2, -0.15) is 13.2 Å². The maximum Gasteiger partial charge on any atom is 0.417 e. The van der Waals surface area contributed by atoms with Crippen LogP contribution in [-0.2, 0) is 6.42 Å². The van der Waals surface area contributed by atoms with Crippen LogP contribution >= 0.6 is 0 Å². The summed E-state index contributed by atoms with van der Waals surface area (Å²) in [5, 5.41) is 8.91. The van der Waals surface area contributed by atoms with Crippen molar-refractivity contribution in [3.8, 4) is 11.5 Å². The van der Waals surface area contributed by atoms with Crippen LogP contribution in [0.5, 0.6) is 11.5 Å². The highest BCUT2D eigenvalue weighted by Gasteiger charge is 2.38. The molecule has 0 amide bonds. The fraction of sp³-hybridized carbons (Fsp3) is 0.368. The van der Waals surface area contributed by atoms with E-state index in [-0.39, 0.29) is 5.75 Å². The molecule has 0 aliphatic heterocycles. The lowest BCUT2D eigenvalue weighted by molar-refractivity contribution is -0.210. The van der Waals surface area contributed by atoms with Gasteiger partial charge >= 0.3 is 6.18 Å². The smallest absolute Gasteiger partial charge is 0.417 e. The van der Waals surface area contributed by atoms with Crippen LogP contribution in [0.4, 0.5) is 13.2 Å². The van der Waals surface area contributed by atoms with Crippen molar-refractivity contribution in [3.05, 3.63) is 59.7 Å². The highest BCUT2D eigenvalue weighted by molar-refractivity contribution is 5.34. The summed E-state index contributed by atoms with van der Waals surface area (Å²) in [4.78, 5) is 0. The third kappa shape index (κ3) is 6.31. The van der Waals surface area contributed by atoms with Gasteiger partial charge in [0.2, 0.25) is 0 Å². The second-order valence-corrected chi connectivity index (χ2v) is 5.68. The number of hydrogen-bond donors (Lipinski definition) is 1. The summed E-state index contributed by atoms with van der Waals surface area (Å²) in [6.45, 7) is 1.91. The van der Waals surface area contributed by atoms with Gasteiger partial charge in [-0.25, -0.2) is 0 Å². The molecular weight excluding hydrogens is 333 g/mol. The van der Waals surface area contributed by atoms with Crippen LogP contribution in [0.1, 0.15) is 24.5 Å². The van der Waals surface area contributed by atoms with Crippen molar-refractivity contribution in [2.75, 3.05) is 13.2 Å². The first kappa shape index (κ1) is 19.1. The summed E-state index contributed by atoms with van der Waals surface area (Å²) < 4.78 is 47.1. The largest absolute Gasteiger partial charge is 0.494 e. The lowest BCUT2D eigenvalue weighted by atomic mass is 10.0. The van der Waals surface area contributed by atoms with Crippen LogP contribution in [0.25, 0.3) is 0 Å². The first-order valence-corrected chi connectivity index (χ1v) is 8.06. The van der Waals surface area contributed by atoms with Gasteiger partial charge in [0, 0.05) is 0 Å². The normalized spacial score (nSPS) is 12.7. The number of hydrogen-bond acceptors (Lipinski definition) is 3. The average molecular weight is 354 g/mol. The van der Waals surface area contributed by atoms with Gasteiger partial charge in [0.05, 0.1) is 6.61 Å². The quantitative estimate of drug-likeness (QED) is 0.765. The van der Waals surface area contributed by atoms with Crippen molar-refractivity contribution in [3.63, 3.8) is 0 Å². The van der Waals surface area contributed by atoms with E-state index in [0.717, 1.165) is 23.3 Å². The Labute approximate surface area is 145 Å². The van der Waals surface area contributed by atoms with Gasteiger partial charge in [0.25, 0.3) is 0 Å². The Bertz CT molecular complexity index is 636. The Morgan fingerprint density at radius 3 is 1.80 bits per heavy atom. The predicted octanol–water partition coefficient (Wildman–Crippen LogP) is 4.37. The molecule has 0 aliphatic rings. The van der Waals surface area contributed by atoms with E-state index in [9.17, 15) is 13.2 Å². The lowest BCUT2D eigenvalue weighted by Crippen LogP contribution is -2.34. The molecule has 0 fully saturated rings. The SMILES string of the molecule is CCCOc1ccc(Cc2ccc(OCC(O)C(F)(F)F)cc2)cc1. The summed E-state index contributed by atoms with van der Waals surface area (Å²) in [5.74, 6) is 1.12. The van der Waals surface area contributed by atoms with Gasteiger partial charge in [-0.05, 0) is 48.2 Å². The summed E-state index contributed by atoms with van der Waals surface area (Å²) in [6.07, 6.45) is -5.51. The Kier molecular flexibility index (Phi) is 6.70. The van der Waals surface area contributed by atoms with E-state index in [0.29, 0.717) is 13.0 Å². The molecule has 0 spiro atoms. The van der Waals surface area contributed by atoms with Crippen LogP contribution in [0.2, 0.25) is 0 Å². The van der Waals surface area contributed by atoms with Gasteiger partial charge in [0.1, 0.15) is 18.1 Å². The average Bonchev–Trinajstić information content (AvgIpc) is 2.59. The third-order valence-electron chi connectivity index (χ3n) is 3.51. The van der Waals surface area contributed by atoms with E-state index in [2.05, 4.69) is 0 Å². The molecule has 25 heavy (non-hydrogen) atoms. The van der Waals surface area contributed by atoms with E-state index in [1.807, 2.05) is 31.2 Å². The van der Waals surface area contributed by atoms with Crippen LogP contribution in [0.3, 0.4) is 0 Å². The standard InChI is InChI=1S/C19H21F3O3/c1-2-11-24-16-7-3-14(4-8-16)12-15-5-9-17(10-6-15)25-13-18(23)19(20,21)22/h3-10,18,23H,2,11-13H2,1H3. The first-order chi connectivity index (χ1) is 11.9. The van der Waals surface area contributed by atoms with E-state index >= 15 is 0 Å². The molecule has 0 bridgehead atoms. The Balaban J connectivity index is 1.87. The first-order valence-electron chi connectivity index (χ1n) is 8.06. The van der Waals surface area contributed by atoms with Crippen LogP contribution in [0.15, 0.2) is 48.5 Å². The van der Waals surface area contributed by atoms with Gasteiger partial charge in [0.15, 0.2) is 6.10 Å². The number of halogens is 3. The molecule has 136 valence electrons. The Morgan fingerprint density at radius 1 is 0.880 bits per heavy atom. The minimum absolute atomic E-state index is 0.287. The van der Waals surface area contributed by atoms with Gasteiger partial charge < -0.3 is 14.6 Å². The van der Waals surface area contributed by atoms with Crippen molar-refractivity contribution in [2.24, 2.45) is 0 Å². The third-order valence-corrected chi connectivity index (χ3v) is 3.51. The number of aliphatic hydroxyl groups is 1. The zero-order valence-corrected chi connectivity index (χ0v) is 13.9. The zero-order chi connectivity index (χ0) is 18.3. The molecule has 1 atom stereocenters. The molecule has 1 unspecified atom stereocenters. The summed E-state index contributed by atoms with van der Waals surface area (Å²) in [7, 11) is 0. The Hall–Kier alpha value is -2.21. The zero-order valence-electron chi connectivity index (χ0n) is 13.9. The van der Waals surface area contributed by atoms with E-state index in [4.69, 9.17) is 14.6 Å². The lowest BCUT2D eigenvalue weighted by Gasteiger charge is -2.15. The number of rotatable bonds is 8. The monoisotopic (exact) mass is 354 g/mol. The minimum atomic E-state index is -4.67. The highest BCUT2D eigenvalue weighted by Crippen LogP contribution is 2.22. The van der Waals surface area contributed by atoms with E-state index in [1.54, 1.807) is 24.3 Å². The molecule has 1 N–H and O–H groups in total. The van der Waals surface area contributed by atoms with Crippen molar-refractivity contribution in [1.82, 2.24) is 0 Å². The van der Waals surface area contributed by atoms with Crippen molar-refractivity contribution in [1.29, 1.82) is 0 Å². The topological polar surface area (TPSA) is 38.7 Å². The number of ether oxygens (including phenoxy) is 2. The number of benzene rings is 2. The predicted molar refractivity (Wildman–Crippen MR) is 89.0 cm³/mol. The molecule has 0 saturated carbocycles. The van der Waals surface area contributed by atoms with Gasteiger partial charge in [-0.3, -0.25) is 0 Å². The fourth-order valence-electron chi connectivity index (χ4n) is 2.13. The minimum Gasteiger partial charge on any atom is -0.494 e. The molecule has 2 rings (SSSR count). The van der Waals surface area contributed by atoms with Gasteiger partial charge in [-0.1, -0.05) is 31.2 Å². The highest BCUT2D eigenvalue weighted by atomic mass is 19.4. The molecule has 2 aromatic carbocycles. The second-order valence-electron chi connectivity index (χ2n) is 5.68.